The summed E-state index contributed by atoms with van der Waals surface area (Å²) in [5.41, 5.74) is -2.85. The number of hydrogen-bond donors (Lipinski definition) is 0. The highest BCUT2D eigenvalue weighted by atomic mass is 31.0. The Bertz CT molecular complexity index is 235. The molecule has 1 aromatic carbocycles. The lowest BCUT2D eigenvalue weighted by atomic mass is 10.3. The van der Waals surface area contributed by atoms with Crippen LogP contribution in [0, 0.1) is 0 Å². The highest BCUT2D eigenvalue weighted by molar-refractivity contribution is 7.18. The maximum absolute atomic E-state index is 12.2. The van der Waals surface area contributed by atoms with Gasteiger partial charge >= 0.3 is 0 Å². The summed E-state index contributed by atoms with van der Waals surface area (Å²) in [7, 11) is 1.43. The Kier molecular flexibility index (Phi) is 12.0. The lowest BCUT2D eigenvalue weighted by molar-refractivity contribution is 0.0462. The molecular formula is C12H21F2OP. The maximum Gasteiger partial charge on any atom is 0.291 e. The fraction of sp³-hybridized carbons (Fsp3) is 0.500. The van der Waals surface area contributed by atoms with E-state index in [9.17, 15) is 8.78 Å². The van der Waals surface area contributed by atoms with Crippen LogP contribution in [0.5, 0.6) is 5.75 Å². The van der Waals surface area contributed by atoms with E-state index in [1.54, 1.807) is 30.3 Å². The second-order valence-corrected chi connectivity index (χ2v) is 3.21. The molecular weight excluding hydrogens is 229 g/mol. The molecule has 0 aromatic heterocycles. The average Bonchev–Trinajstić information content (AvgIpc) is 2.32. The molecule has 0 fully saturated rings. The number of hydrogen-bond acceptors (Lipinski definition) is 1. The van der Waals surface area contributed by atoms with Crippen LogP contribution in [-0.2, 0) is 0 Å². The first-order valence-electron chi connectivity index (χ1n) is 5.42. The van der Waals surface area contributed by atoms with Gasteiger partial charge in [0.1, 0.15) is 5.75 Å². The summed E-state index contributed by atoms with van der Waals surface area (Å²) in [6.45, 7) is 7.39. The molecule has 0 heterocycles. The van der Waals surface area contributed by atoms with Crippen LogP contribution >= 0.6 is 9.24 Å². The molecule has 16 heavy (non-hydrogen) atoms. The predicted octanol–water partition coefficient (Wildman–Crippen LogP) is 4.59. The minimum Gasteiger partial charge on any atom is -0.487 e. The molecule has 0 saturated heterocycles. The minimum atomic E-state index is -2.85. The van der Waals surface area contributed by atoms with Crippen LogP contribution in [0.25, 0.3) is 0 Å². The van der Waals surface area contributed by atoms with E-state index in [0.29, 0.717) is 5.75 Å². The summed E-state index contributed by atoms with van der Waals surface area (Å²) in [6.07, 6.45) is 0. The third kappa shape index (κ3) is 11.4. The number of rotatable bonds is 3. The van der Waals surface area contributed by atoms with Crippen molar-refractivity contribution in [2.45, 2.75) is 33.4 Å². The van der Waals surface area contributed by atoms with E-state index >= 15 is 0 Å². The lowest BCUT2D eigenvalue weighted by Crippen LogP contribution is -2.17. The molecule has 1 unspecified atom stereocenters. The Hall–Kier alpha value is -0.690. The standard InChI is InChI=1S/C8H9F2OP.2C2H6/c9-8(10,12)6-11-7-4-2-1-3-5-7;2*1-2/h1-5H,6,12H2;2*1-2H3. The molecule has 0 aliphatic rings. The Morgan fingerprint density at radius 3 is 1.88 bits per heavy atom. The molecule has 0 aliphatic carbocycles. The van der Waals surface area contributed by atoms with E-state index in [1.165, 1.54) is 9.24 Å². The SMILES string of the molecule is CC.CC.FC(F)(P)COc1ccccc1. The Morgan fingerprint density at radius 1 is 1.06 bits per heavy atom. The molecule has 1 atom stereocenters. The van der Waals surface area contributed by atoms with Crippen LogP contribution in [0.2, 0.25) is 0 Å². The zero-order chi connectivity index (χ0) is 13.0. The van der Waals surface area contributed by atoms with Crippen LogP contribution in [0.15, 0.2) is 30.3 Å². The van der Waals surface area contributed by atoms with E-state index in [2.05, 4.69) is 0 Å². The largest absolute Gasteiger partial charge is 0.487 e. The van der Waals surface area contributed by atoms with Crippen molar-refractivity contribution in [1.82, 2.24) is 0 Å². The first-order chi connectivity index (χ1) is 7.58. The van der Waals surface area contributed by atoms with Gasteiger partial charge in [-0.15, -0.1) is 0 Å². The molecule has 1 nitrogen and oxygen atoms in total. The fourth-order valence-corrected chi connectivity index (χ4v) is 0.780. The number of ether oxygens (including phenoxy) is 1. The zero-order valence-corrected chi connectivity index (χ0v) is 11.5. The lowest BCUT2D eigenvalue weighted by Gasteiger charge is -2.11. The quantitative estimate of drug-likeness (QED) is 0.713. The zero-order valence-electron chi connectivity index (χ0n) is 10.3. The van der Waals surface area contributed by atoms with Gasteiger partial charge in [0.2, 0.25) is 0 Å². The topological polar surface area (TPSA) is 9.23 Å². The van der Waals surface area contributed by atoms with Crippen molar-refractivity contribution in [3.63, 3.8) is 0 Å². The van der Waals surface area contributed by atoms with Gasteiger partial charge in [-0.2, -0.15) is 8.78 Å². The minimum absolute atomic E-state index is 0.458. The Labute approximate surface area is 99.4 Å². The fourth-order valence-electron chi connectivity index (χ4n) is 0.696. The summed E-state index contributed by atoms with van der Waals surface area (Å²) in [5, 5.41) is 0. The monoisotopic (exact) mass is 250 g/mol. The van der Waals surface area contributed by atoms with Gasteiger partial charge < -0.3 is 4.74 Å². The molecule has 0 aliphatic heterocycles. The molecule has 0 N–H and O–H groups in total. The van der Waals surface area contributed by atoms with Gasteiger partial charge in [-0.05, 0) is 12.1 Å². The highest BCUT2D eigenvalue weighted by Gasteiger charge is 2.21. The van der Waals surface area contributed by atoms with Gasteiger partial charge in [-0.25, -0.2) is 0 Å². The van der Waals surface area contributed by atoms with E-state index < -0.39 is 12.3 Å². The summed E-state index contributed by atoms with van der Waals surface area (Å²) < 4.78 is 29.3. The van der Waals surface area contributed by atoms with Gasteiger partial charge in [0.25, 0.3) is 5.66 Å². The maximum atomic E-state index is 12.2. The second kappa shape index (κ2) is 10.8. The van der Waals surface area contributed by atoms with E-state index in [-0.39, 0.29) is 0 Å². The molecule has 1 aromatic rings. The first-order valence-corrected chi connectivity index (χ1v) is 6.00. The van der Waals surface area contributed by atoms with Crippen molar-refractivity contribution in [2.24, 2.45) is 0 Å². The van der Waals surface area contributed by atoms with Crippen LogP contribution < -0.4 is 4.74 Å². The second-order valence-electron chi connectivity index (χ2n) is 2.36. The van der Waals surface area contributed by atoms with Crippen molar-refractivity contribution in [1.29, 1.82) is 0 Å². The van der Waals surface area contributed by atoms with E-state index in [1.807, 2.05) is 27.7 Å². The van der Waals surface area contributed by atoms with Gasteiger partial charge in [-0.3, -0.25) is 0 Å². The summed E-state index contributed by atoms with van der Waals surface area (Å²) in [5.74, 6) is 0.458. The Balaban J connectivity index is 0. The molecule has 94 valence electrons. The van der Waals surface area contributed by atoms with Crippen molar-refractivity contribution in [2.75, 3.05) is 6.61 Å². The molecule has 1 rings (SSSR count). The molecule has 0 bridgehead atoms. The average molecular weight is 250 g/mol. The van der Waals surface area contributed by atoms with Crippen molar-refractivity contribution in [3.05, 3.63) is 30.3 Å². The highest BCUT2D eigenvalue weighted by Crippen LogP contribution is 2.23. The predicted molar refractivity (Wildman–Crippen MR) is 69.3 cm³/mol. The van der Waals surface area contributed by atoms with Crippen LogP contribution in [-0.4, -0.2) is 12.3 Å². The van der Waals surface area contributed by atoms with Crippen LogP contribution in [0.3, 0.4) is 0 Å². The molecule has 0 amide bonds. The molecule has 0 saturated carbocycles. The number of benzene rings is 1. The van der Waals surface area contributed by atoms with Crippen molar-refractivity contribution < 1.29 is 13.5 Å². The third-order valence-corrected chi connectivity index (χ3v) is 1.34. The van der Waals surface area contributed by atoms with Crippen molar-refractivity contribution >= 4 is 9.24 Å². The van der Waals surface area contributed by atoms with Crippen LogP contribution in [0.1, 0.15) is 27.7 Å². The van der Waals surface area contributed by atoms with Crippen LogP contribution in [0.4, 0.5) is 8.78 Å². The summed E-state index contributed by atoms with van der Waals surface area (Å²) >= 11 is 0. The number of alkyl halides is 2. The number of para-hydroxylation sites is 1. The smallest absolute Gasteiger partial charge is 0.291 e. The van der Waals surface area contributed by atoms with E-state index in [0.717, 1.165) is 0 Å². The third-order valence-electron chi connectivity index (χ3n) is 1.17. The van der Waals surface area contributed by atoms with Crippen molar-refractivity contribution in [3.8, 4) is 5.75 Å². The molecule has 4 heteroatoms. The van der Waals surface area contributed by atoms with Gasteiger partial charge in [0, 0.05) is 0 Å². The summed E-state index contributed by atoms with van der Waals surface area (Å²) in [6, 6.07) is 8.53. The first kappa shape index (κ1) is 17.7. The Morgan fingerprint density at radius 2 is 1.50 bits per heavy atom. The molecule has 0 radical (unpaired) electrons. The van der Waals surface area contributed by atoms with E-state index in [4.69, 9.17) is 4.74 Å². The molecule has 0 spiro atoms. The number of halogens is 2. The van der Waals surface area contributed by atoms with Gasteiger partial charge in [0.05, 0.1) is 0 Å². The van der Waals surface area contributed by atoms with Gasteiger partial charge in [0.15, 0.2) is 6.61 Å². The normalized spacial score (nSPS) is 9.19. The van der Waals surface area contributed by atoms with Gasteiger partial charge in [-0.1, -0.05) is 55.1 Å². The summed E-state index contributed by atoms with van der Waals surface area (Å²) in [4.78, 5) is 0.